The van der Waals surface area contributed by atoms with Crippen LogP contribution in [0.15, 0.2) is 35.7 Å². The van der Waals surface area contributed by atoms with Crippen LogP contribution in [0.1, 0.15) is 28.7 Å². The van der Waals surface area contributed by atoms with Gasteiger partial charge in [-0.15, -0.1) is 11.3 Å². The second-order valence-corrected chi connectivity index (χ2v) is 6.90. The Bertz CT molecular complexity index is 810. The largest absolute Gasteiger partial charge is 0.434 e. The molecule has 27 heavy (non-hydrogen) atoms. The van der Waals surface area contributed by atoms with Crippen molar-refractivity contribution < 1.29 is 22.8 Å². The van der Waals surface area contributed by atoms with Gasteiger partial charge in [0, 0.05) is 18.5 Å². The van der Waals surface area contributed by atoms with Gasteiger partial charge in [0.25, 0.3) is 0 Å². The van der Waals surface area contributed by atoms with Crippen molar-refractivity contribution in [3.63, 3.8) is 0 Å². The fourth-order valence-corrected chi connectivity index (χ4v) is 3.56. The summed E-state index contributed by atoms with van der Waals surface area (Å²) in [6, 6.07) is 8.25. The Morgan fingerprint density at radius 3 is 2.74 bits per heavy atom. The quantitative estimate of drug-likeness (QED) is 0.835. The maximum Gasteiger partial charge on any atom is 0.434 e. The minimum Gasteiger partial charge on any atom is -0.354 e. The number of rotatable bonds is 3. The molecular formula is C17H17F3N4O2S. The van der Waals surface area contributed by atoms with Gasteiger partial charge >= 0.3 is 12.2 Å². The second-order valence-electron chi connectivity index (χ2n) is 5.96. The number of thiazole rings is 1. The summed E-state index contributed by atoms with van der Waals surface area (Å²) in [5.74, 6) is -0.158. The molecule has 2 aromatic rings. The van der Waals surface area contributed by atoms with Gasteiger partial charge in [0.1, 0.15) is 5.01 Å². The number of halogens is 3. The molecule has 6 nitrogen and oxygen atoms in total. The average molecular weight is 398 g/mol. The Hall–Kier alpha value is -2.62. The number of nitrogens with one attached hydrogen (secondary N) is 2. The van der Waals surface area contributed by atoms with Crippen LogP contribution >= 0.6 is 11.3 Å². The highest BCUT2D eigenvalue weighted by molar-refractivity contribution is 7.09. The summed E-state index contributed by atoms with van der Waals surface area (Å²) in [6.45, 7) is 0.493. The first-order valence-electron chi connectivity index (χ1n) is 8.22. The Labute approximate surface area is 157 Å². The van der Waals surface area contributed by atoms with Crippen LogP contribution in [0.3, 0.4) is 0 Å². The number of hydrogen-bond donors (Lipinski definition) is 2. The molecule has 0 unspecified atom stereocenters. The minimum absolute atomic E-state index is 0.112. The summed E-state index contributed by atoms with van der Waals surface area (Å²) in [5.41, 5.74) is -0.151. The summed E-state index contributed by atoms with van der Waals surface area (Å²) in [7, 11) is 0. The SMILES string of the molecule is O=C1C[C@H](c2ccccc2)N(C(=O)NCc2nc(C(F)(F)F)cs2)CCN1. The van der Waals surface area contributed by atoms with Gasteiger partial charge in [-0.25, -0.2) is 9.78 Å². The van der Waals surface area contributed by atoms with E-state index in [0.717, 1.165) is 22.3 Å². The maximum absolute atomic E-state index is 12.6. The van der Waals surface area contributed by atoms with Gasteiger partial charge in [-0.05, 0) is 5.56 Å². The van der Waals surface area contributed by atoms with Crippen LogP contribution < -0.4 is 10.6 Å². The van der Waals surface area contributed by atoms with E-state index in [9.17, 15) is 22.8 Å². The van der Waals surface area contributed by atoms with E-state index in [1.54, 1.807) is 0 Å². The number of urea groups is 1. The van der Waals surface area contributed by atoms with Crippen molar-refractivity contribution >= 4 is 23.3 Å². The Morgan fingerprint density at radius 2 is 2.07 bits per heavy atom. The molecule has 1 aliphatic heterocycles. The first-order valence-corrected chi connectivity index (χ1v) is 9.10. The molecule has 10 heteroatoms. The Balaban J connectivity index is 1.71. The van der Waals surface area contributed by atoms with Crippen LogP contribution in [-0.4, -0.2) is 34.9 Å². The molecule has 1 atom stereocenters. The number of benzene rings is 1. The summed E-state index contributed by atoms with van der Waals surface area (Å²) in [4.78, 5) is 29.6. The van der Waals surface area contributed by atoms with Gasteiger partial charge in [-0.1, -0.05) is 30.3 Å². The van der Waals surface area contributed by atoms with E-state index in [1.165, 1.54) is 4.90 Å². The molecule has 1 saturated heterocycles. The van der Waals surface area contributed by atoms with Crippen LogP contribution in [-0.2, 0) is 17.5 Å². The molecule has 0 spiro atoms. The fraction of sp³-hybridized carbons (Fsp3) is 0.353. The van der Waals surface area contributed by atoms with Crippen LogP contribution in [0.2, 0.25) is 0 Å². The lowest BCUT2D eigenvalue weighted by Gasteiger charge is -2.29. The predicted octanol–water partition coefficient (Wildman–Crippen LogP) is 2.93. The van der Waals surface area contributed by atoms with Crippen LogP contribution in [0.5, 0.6) is 0 Å². The third kappa shape index (κ3) is 4.76. The maximum atomic E-state index is 12.6. The minimum atomic E-state index is -4.51. The summed E-state index contributed by atoms with van der Waals surface area (Å²) in [6.07, 6.45) is -4.39. The highest BCUT2D eigenvalue weighted by Gasteiger charge is 2.34. The number of hydrogen-bond acceptors (Lipinski definition) is 4. The van der Waals surface area contributed by atoms with E-state index in [2.05, 4.69) is 15.6 Å². The van der Waals surface area contributed by atoms with Gasteiger partial charge in [0.2, 0.25) is 5.91 Å². The number of alkyl halides is 3. The zero-order valence-electron chi connectivity index (χ0n) is 14.1. The molecule has 144 valence electrons. The highest BCUT2D eigenvalue weighted by atomic mass is 32.1. The molecule has 0 radical (unpaired) electrons. The van der Waals surface area contributed by atoms with Crippen molar-refractivity contribution in [2.24, 2.45) is 0 Å². The number of aromatic nitrogens is 1. The smallest absolute Gasteiger partial charge is 0.354 e. The van der Waals surface area contributed by atoms with E-state index in [4.69, 9.17) is 0 Å². The number of amides is 3. The molecular weight excluding hydrogens is 381 g/mol. The monoisotopic (exact) mass is 398 g/mol. The van der Waals surface area contributed by atoms with Gasteiger partial charge in [0.15, 0.2) is 5.69 Å². The van der Waals surface area contributed by atoms with Crippen molar-refractivity contribution in [1.29, 1.82) is 0 Å². The molecule has 3 rings (SSSR count). The Kier molecular flexibility index (Phi) is 5.64. The second kappa shape index (κ2) is 7.95. The molecule has 2 N–H and O–H groups in total. The van der Waals surface area contributed by atoms with Gasteiger partial charge in [0.05, 0.1) is 19.0 Å². The summed E-state index contributed by atoms with van der Waals surface area (Å²) in [5, 5.41) is 6.41. The number of carbonyl (C=O) groups is 2. The molecule has 1 fully saturated rings. The van der Waals surface area contributed by atoms with Crippen LogP contribution in [0, 0.1) is 0 Å². The summed E-state index contributed by atoms with van der Waals surface area (Å²) >= 11 is 0.836. The van der Waals surface area contributed by atoms with Crippen molar-refractivity contribution in [1.82, 2.24) is 20.5 Å². The normalized spacial score (nSPS) is 18.0. The van der Waals surface area contributed by atoms with E-state index < -0.39 is 23.9 Å². The lowest BCUT2D eigenvalue weighted by molar-refractivity contribution is -0.140. The number of nitrogens with zero attached hydrogens (tertiary/aromatic N) is 2. The zero-order valence-corrected chi connectivity index (χ0v) is 14.9. The van der Waals surface area contributed by atoms with Crippen LogP contribution in [0.25, 0.3) is 0 Å². The Morgan fingerprint density at radius 1 is 1.33 bits per heavy atom. The van der Waals surface area contributed by atoms with Crippen molar-refractivity contribution in [3.05, 3.63) is 52.0 Å². The first kappa shape index (κ1) is 19.2. The van der Waals surface area contributed by atoms with E-state index >= 15 is 0 Å². The van der Waals surface area contributed by atoms with Crippen molar-refractivity contribution in [3.8, 4) is 0 Å². The van der Waals surface area contributed by atoms with Gasteiger partial charge < -0.3 is 15.5 Å². The molecule has 1 aromatic heterocycles. The van der Waals surface area contributed by atoms with Crippen molar-refractivity contribution in [2.75, 3.05) is 13.1 Å². The third-order valence-electron chi connectivity index (χ3n) is 4.11. The van der Waals surface area contributed by atoms with Crippen LogP contribution in [0.4, 0.5) is 18.0 Å². The predicted molar refractivity (Wildman–Crippen MR) is 92.9 cm³/mol. The molecule has 0 aliphatic carbocycles. The molecule has 3 amide bonds. The molecule has 0 bridgehead atoms. The van der Waals surface area contributed by atoms with E-state index in [1.807, 2.05) is 30.3 Å². The van der Waals surface area contributed by atoms with Gasteiger partial charge in [-0.2, -0.15) is 13.2 Å². The number of carbonyl (C=O) groups excluding carboxylic acids is 2. The van der Waals surface area contributed by atoms with Crippen molar-refractivity contribution in [2.45, 2.75) is 25.2 Å². The lowest BCUT2D eigenvalue weighted by Crippen LogP contribution is -2.43. The molecule has 0 saturated carbocycles. The summed E-state index contributed by atoms with van der Waals surface area (Å²) < 4.78 is 37.9. The fourth-order valence-electron chi connectivity index (χ4n) is 2.82. The first-order chi connectivity index (χ1) is 12.8. The molecule has 1 aliphatic rings. The van der Waals surface area contributed by atoms with E-state index in [-0.39, 0.29) is 23.9 Å². The third-order valence-corrected chi connectivity index (χ3v) is 4.96. The highest BCUT2D eigenvalue weighted by Crippen LogP contribution is 2.30. The molecule has 2 heterocycles. The van der Waals surface area contributed by atoms with E-state index in [0.29, 0.717) is 13.1 Å². The average Bonchev–Trinajstić information content (AvgIpc) is 3.04. The lowest BCUT2D eigenvalue weighted by atomic mass is 10.0. The standard InChI is InChI=1S/C17H17F3N4O2S/c18-17(19,20)13-10-27-15(23-13)9-22-16(26)24-7-6-21-14(25)8-12(24)11-4-2-1-3-5-11/h1-5,10,12H,6-9H2,(H,21,25)(H,22,26)/t12-/m1/s1. The zero-order chi connectivity index (χ0) is 19.4. The molecule has 1 aromatic carbocycles. The topological polar surface area (TPSA) is 74.3 Å². The van der Waals surface area contributed by atoms with Gasteiger partial charge in [-0.3, -0.25) is 4.79 Å².